The van der Waals surface area contributed by atoms with E-state index in [0.29, 0.717) is 17.1 Å². The van der Waals surface area contributed by atoms with Gasteiger partial charge in [0.15, 0.2) is 0 Å². The van der Waals surface area contributed by atoms with Crippen LogP contribution in [-0.4, -0.2) is 4.98 Å². The summed E-state index contributed by atoms with van der Waals surface area (Å²) in [5, 5.41) is 0.806. The van der Waals surface area contributed by atoms with E-state index in [2.05, 4.69) is 4.98 Å². The van der Waals surface area contributed by atoms with Crippen molar-refractivity contribution in [3.8, 4) is 0 Å². The third kappa shape index (κ3) is 1.12. The fraction of sp³-hybridized carbons (Fsp3) is 0. The highest BCUT2D eigenvalue weighted by molar-refractivity contribution is 5.97. The van der Waals surface area contributed by atoms with Gasteiger partial charge in [-0.3, -0.25) is 4.98 Å². The molecule has 0 amide bonds. The number of nitrogens with two attached hydrogens (primary N) is 3. The summed E-state index contributed by atoms with van der Waals surface area (Å²) in [6, 6.07) is 5.37. The Hall–Kier alpha value is -1.97. The third-order valence-electron chi connectivity index (χ3n) is 1.96. The van der Waals surface area contributed by atoms with Crippen LogP contribution < -0.4 is 17.2 Å². The van der Waals surface area contributed by atoms with Crippen molar-refractivity contribution in [2.75, 3.05) is 17.2 Å². The Morgan fingerprint density at radius 2 is 1.85 bits per heavy atom. The van der Waals surface area contributed by atoms with Gasteiger partial charge in [0.25, 0.3) is 0 Å². The maximum Gasteiger partial charge on any atom is 0.0740 e. The Balaban J connectivity index is 2.89. The van der Waals surface area contributed by atoms with Crippen LogP contribution >= 0.6 is 0 Å². The fourth-order valence-electron chi connectivity index (χ4n) is 1.25. The van der Waals surface area contributed by atoms with Crippen LogP contribution in [0.25, 0.3) is 10.9 Å². The van der Waals surface area contributed by atoms with Crippen molar-refractivity contribution in [2.45, 2.75) is 0 Å². The van der Waals surface area contributed by atoms with E-state index in [9.17, 15) is 0 Å². The van der Waals surface area contributed by atoms with Gasteiger partial charge in [-0.2, -0.15) is 0 Å². The van der Waals surface area contributed by atoms with Crippen molar-refractivity contribution >= 4 is 28.0 Å². The predicted octanol–water partition coefficient (Wildman–Crippen LogP) is 0.981. The Morgan fingerprint density at radius 1 is 1.08 bits per heavy atom. The average molecular weight is 174 g/mol. The van der Waals surface area contributed by atoms with Crippen molar-refractivity contribution in [3.63, 3.8) is 0 Å². The topological polar surface area (TPSA) is 90.9 Å². The van der Waals surface area contributed by atoms with E-state index in [-0.39, 0.29) is 0 Å². The number of nitrogens with zero attached hydrogens (tertiary/aromatic N) is 1. The molecular formula is C9H10N4. The van der Waals surface area contributed by atoms with Crippen molar-refractivity contribution in [3.05, 3.63) is 24.4 Å². The minimum Gasteiger partial charge on any atom is -0.399 e. The van der Waals surface area contributed by atoms with Gasteiger partial charge in [0, 0.05) is 11.1 Å². The molecule has 13 heavy (non-hydrogen) atoms. The van der Waals surface area contributed by atoms with Gasteiger partial charge in [-0.15, -0.1) is 0 Å². The predicted molar refractivity (Wildman–Crippen MR) is 55.0 cm³/mol. The first-order chi connectivity index (χ1) is 6.18. The van der Waals surface area contributed by atoms with E-state index in [1.807, 2.05) is 6.07 Å². The van der Waals surface area contributed by atoms with Gasteiger partial charge in [0.05, 0.1) is 23.1 Å². The first-order valence-corrected chi connectivity index (χ1v) is 3.87. The Labute approximate surface area is 75.4 Å². The monoisotopic (exact) mass is 174 g/mol. The highest BCUT2D eigenvalue weighted by atomic mass is 14.8. The molecule has 2 rings (SSSR count). The minimum absolute atomic E-state index is 0.484. The minimum atomic E-state index is 0.484. The second-order valence-electron chi connectivity index (χ2n) is 2.90. The quantitative estimate of drug-likeness (QED) is 0.519. The van der Waals surface area contributed by atoms with Gasteiger partial charge < -0.3 is 17.2 Å². The van der Waals surface area contributed by atoms with E-state index < -0.39 is 0 Å². The lowest BCUT2D eigenvalue weighted by molar-refractivity contribution is 1.41. The molecule has 1 aromatic carbocycles. The molecule has 1 heterocycles. The van der Waals surface area contributed by atoms with Crippen LogP contribution in [0.4, 0.5) is 17.1 Å². The molecule has 0 bridgehead atoms. The summed E-state index contributed by atoms with van der Waals surface area (Å²) >= 11 is 0. The van der Waals surface area contributed by atoms with Gasteiger partial charge in [-0.25, -0.2) is 0 Å². The number of anilines is 3. The van der Waals surface area contributed by atoms with E-state index >= 15 is 0 Å². The Kier molecular flexibility index (Phi) is 1.48. The normalized spacial score (nSPS) is 10.5. The highest BCUT2D eigenvalue weighted by Gasteiger charge is 2.02. The SMILES string of the molecule is Nc1ccc2ncc(N)c(N)c2c1. The molecule has 66 valence electrons. The summed E-state index contributed by atoms with van der Waals surface area (Å²) in [5.74, 6) is 0. The molecule has 2 aromatic rings. The zero-order valence-corrected chi connectivity index (χ0v) is 6.99. The summed E-state index contributed by atoms with van der Waals surface area (Å²) in [7, 11) is 0. The molecule has 0 unspecified atom stereocenters. The van der Waals surface area contributed by atoms with Crippen molar-refractivity contribution in [2.24, 2.45) is 0 Å². The maximum absolute atomic E-state index is 5.77. The van der Waals surface area contributed by atoms with Crippen LogP contribution in [-0.2, 0) is 0 Å². The van der Waals surface area contributed by atoms with E-state index in [0.717, 1.165) is 10.9 Å². The van der Waals surface area contributed by atoms with Crippen LogP contribution in [0.15, 0.2) is 24.4 Å². The molecule has 0 radical (unpaired) electrons. The molecule has 0 aliphatic rings. The largest absolute Gasteiger partial charge is 0.399 e. The zero-order valence-electron chi connectivity index (χ0n) is 6.99. The molecule has 1 aromatic heterocycles. The summed E-state index contributed by atoms with van der Waals surface area (Å²) in [6.07, 6.45) is 1.55. The lowest BCUT2D eigenvalue weighted by Gasteiger charge is -2.04. The van der Waals surface area contributed by atoms with Crippen molar-refractivity contribution in [1.82, 2.24) is 4.98 Å². The van der Waals surface area contributed by atoms with Crippen LogP contribution in [0, 0.1) is 0 Å². The molecular weight excluding hydrogens is 164 g/mol. The van der Waals surface area contributed by atoms with E-state index in [1.54, 1.807) is 18.3 Å². The Bertz CT molecular complexity index is 459. The molecule has 0 atom stereocenters. The number of hydrogen-bond donors (Lipinski definition) is 3. The van der Waals surface area contributed by atoms with Gasteiger partial charge >= 0.3 is 0 Å². The van der Waals surface area contributed by atoms with Gasteiger partial charge in [0.1, 0.15) is 0 Å². The molecule has 0 aliphatic heterocycles. The Morgan fingerprint density at radius 3 is 2.62 bits per heavy atom. The van der Waals surface area contributed by atoms with E-state index in [4.69, 9.17) is 17.2 Å². The molecule has 6 N–H and O–H groups in total. The summed E-state index contributed by atoms with van der Waals surface area (Å²) in [4.78, 5) is 4.12. The van der Waals surface area contributed by atoms with Crippen LogP contribution in [0.5, 0.6) is 0 Å². The number of hydrogen-bond acceptors (Lipinski definition) is 4. The lowest BCUT2D eigenvalue weighted by Crippen LogP contribution is -1.97. The first-order valence-electron chi connectivity index (χ1n) is 3.87. The smallest absolute Gasteiger partial charge is 0.0740 e. The summed E-state index contributed by atoms with van der Waals surface area (Å²) < 4.78 is 0. The number of pyridine rings is 1. The van der Waals surface area contributed by atoms with Crippen molar-refractivity contribution < 1.29 is 0 Å². The molecule has 0 fully saturated rings. The third-order valence-corrected chi connectivity index (χ3v) is 1.96. The second-order valence-corrected chi connectivity index (χ2v) is 2.90. The highest BCUT2D eigenvalue weighted by Crippen LogP contribution is 2.25. The number of benzene rings is 1. The maximum atomic E-state index is 5.77. The molecule has 4 heteroatoms. The number of rotatable bonds is 0. The first kappa shape index (κ1) is 7.67. The van der Waals surface area contributed by atoms with Crippen LogP contribution in [0.2, 0.25) is 0 Å². The number of fused-ring (bicyclic) bond motifs is 1. The molecule has 0 saturated heterocycles. The molecule has 4 nitrogen and oxygen atoms in total. The summed E-state index contributed by atoms with van der Waals surface area (Å²) in [5.41, 5.74) is 19.5. The van der Waals surface area contributed by atoms with E-state index in [1.165, 1.54) is 0 Å². The van der Waals surface area contributed by atoms with Crippen LogP contribution in [0.1, 0.15) is 0 Å². The zero-order chi connectivity index (χ0) is 9.42. The lowest BCUT2D eigenvalue weighted by atomic mass is 10.1. The molecule has 0 aliphatic carbocycles. The van der Waals surface area contributed by atoms with Crippen molar-refractivity contribution in [1.29, 1.82) is 0 Å². The van der Waals surface area contributed by atoms with Gasteiger partial charge in [0.2, 0.25) is 0 Å². The summed E-state index contributed by atoms with van der Waals surface area (Å²) in [6.45, 7) is 0. The molecule has 0 spiro atoms. The second kappa shape index (κ2) is 2.52. The number of nitrogen functional groups attached to an aromatic ring is 3. The fourth-order valence-corrected chi connectivity index (χ4v) is 1.25. The molecule has 0 saturated carbocycles. The van der Waals surface area contributed by atoms with Gasteiger partial charge in [-0.1, -0.05) is 0 Å². The standard InChI is InChI=1S/C9H10N4/c10-5-1-2-8-6(3-5)9(12)7(11)4-13-8/h1-4H,10-11H2,(H2,12,13). The van der Waals surface area contributed by atoms with Gasteiger partial charge in [-0.05, 0) is 18.2 Å². The van der Waals surface area contributed by atoms with Crippen LogP contribution in [0.3, 0.4) is 0 Å². The average Bonchev–Trinajstić information content (AvgIpc) is 2.12. The number of aromatic nitrogens is 1.